The molecule has 0 radical (unpaired) electrons. The lowest BCUT2D eigenvalue weighted by Gasteiger charge is -2.27. The highest BCUT2D eigenvalue weighted by molar-refractivity contribution is 6.39. The Morgan fingerprint density at radius 2 is 1.45 bits per heavy atom. The Bertz CT molecular complexity index is 1830. The number of nitriles is 1. The molecule has 8 rings (SSSR count). The molecule has 5 aromatic rings. The fraction of sp³-hybridized carbons (Fsp3) is 0.192. The van der Waals surface area contributed by atoms with E-state index in [4.69, 9.17) is 5.73 Å². The number of nitrogens with two attached hydrogens (primary N) is 1. The number of imide groups is 1. The molecule has 2 aromatic heterocycles. The first-order valence-corrected chi connectivity index (χ1v) is 11.1. The fourth-order valence-corrected chi connectivity index (χ4v) is 6.86. The maximum Gasteiger partial charge on any atom is 0.259 e. The van der Waals surface area contributed by atoms with E-state index < -0.39 is 5.54 Å². The molecular formula is C26H17N5O2. The highest BCUT2D eigenvalue weighted by Gasteiger charge is 2.51. The van der Waals surface area contributed by atoms with E-state index in [2.05, 4.69) is 26.6 Å². The number of nitrogens with zero attached hydrogens (tertiary/aromatic N) is 3. The lowest BCUT2D eigenvalue weighted by atomic mass is 9.94. The van der Waals surface area contributed by atoms with Crippen LogP contribution in [0, 0.1) is 11.3 Å². The minimum atomic E-state index is -1.04. The molecular weight excluding hydrogens is 414 g/mol. The average molecular weight is 431 g/mol. The number of hydrogen-bond donors (Lipinski definition) is 2. The van der Waals surface area contributed by atoms with Crippen molar-refractivity contribution in [1.29, 1.82) is 5.26 Å². The molecule has 158 valence electrons. The van der Waals surface area contributed by atoms with Crippen LogP contribution in [0.2, 0.25) is 0 Å². The number of hydrogen-bond acceptors (Lipinski definition) is 4. The number of nitrogens with one attached hydrogen (secondary N) is 1. The molecule has 33 heavy (non-hydrogen) atoms. The second-order valence-electron chi connectivity index (χ2n) is 9.52. The number of aromatic nitrogens is 2. The molecule has 1 aliphatic carbocycles. The van der Waals surface area contributed by atoms with Crippen LogP contribution in [0.4, 0.5) is 0 Å². The van der Waals surface area contributed by atoms with Gasteiger partial charge in [-0.25, -0.2) is 0 Å². The molecule has 2 aliphatic heterocycles. The molecule has 7 nitrogen and oxygen atoms in total. The first kappa shape index (κ1) is 17.4. The SMILES string of the molecule is N#C[C@]1(N)CC2CC1n1c3ccccc3c3c4c(c5c6ccccc6n2c5c31)C(=O)NC4=O. The first-order valence-electron chi connectivity index (χ1n) is 11.1. The Labute approximate surface area is 187 Å². The highest BCUT2D eigenvalue weighted by atomic mass is 16.2. The zero-order chi connectivity index (χ0) is 22.2. The molecule has 1 fully saturated rings. The van der Waals surface area contributed by atoms with Crippen LogP contribution in [0.25, 0.3) is 43.6 Å². The van der Waals surface area contributed by atoms with Crippen LogP contribution in [0.1, 0.15) is 45.6 Å². The molecule has 3 aromatic carbocycles. The molecule has 2 bridgehead atoms. The van der Waals surface area contributed by atoms with Gasteiger partial charge in [0.15, 0.2) is 0 Å². The summed E-state index contributed by atoms with van der Waals surface area (Å²) in [5.74, 6) is -0.721. The van der Waals surface area contributed by atoms with Crippen molar-refractivity contribution in [2.45, 2.75) is 30.5 Å². The monoisotopic (exact) mass is 431 g/mol. The number of rotatable bonds is 0. The van der Waals surface area contributed by atoms with Gasteiger partial charge in [0.05, 0.1) is 34.3 Å². The molecule has 2 unspecified atom stereocenters. The van der Waals surface area contributed by atoms with E-state index in [9.17, 15) is 14.9 Å². The minimum absolute atomic E-state index is 0.0159. The van der Waals surface area contributed by atoms with Crippen molar-refractivity contribution in [3.63, 3.8) is 0 Å². The molecule has 0 saturated heterocycles. The van der Waals surface area contributed by atoms with E-state index in [1.165, 1.54) is 0 Å². The number of benzene rings is 3. The third-order valence-electron chi connectivity index (χ3n) is 8.03. The maximum absolute atomic E-state index is 13.2. The van der Waals surface area contributed by atoms with Crippen molar-refractivity contribution in [2.75, 3.05) is 0 Å². The van der Waals surface area contributed by atoms with E-state index in [1.807, 2.05) is 42.5 Å². The van der Waals surface area contributed by atoms with E-state index >= 15 is 0 Å². The summed E-state index contributed by atoms with van der Waals surface area (Å²) < 4.78 is 4.47. The summed E-state index contributed by atoms with van der Waals surface area (Å²) in [5.41, 5.74) is 10.4. The van der Waals surface area contributed by atoms with Crippen molar-refractivity contribution >= 4 is 55.4 Å². The van der Waals surface area contributed by atoms with Gasteiger partial charge in [-0.05, 0) is 18.6 Å². The lowest BCUT2D eigenvalue weighted by molar-refractivity contribution is 0.0880. The van der Waals surface area contributed by atoms with Crippen LogP contribution in [-0.4, -0.2) is 26.5 Å². The third-order valence-corrected chi connectivity index (χ3v) is 8.03. The molecule has 3 N–H and O–H groups in total. The first-order chi connectivity index (χ1) is 16.0. The summed E-state index contributed by atoms with van der Waals surface area (Å²) >= 11 is 0. The Balaban J connectivity index is 1.79. The standard InChI is InChI=1S/C26H17N5O2/c27-11-26(28)10-12-9-17(26)31-16-8-4-2-6-14(16)19-21-20(24(32)29-25(21)33)18-13-5-1-3-7-15(13)30(12)22(18)23(19)31/h1-8,12,17H,9-10,28H2,(H,29,32,33)/t12?,17?,26-/m1/s1. The van der Waals surface area contributed by atoms with Crippen molar-refractivity contribution < 1.29 is 9.59 Å². The Morgan fingerprint density at radius 1 is 0.909 bits per heavy atom. The van der Waals surface area contributed by atoms with Crippen molar-refractivity contribution in [1.82, 2.24) is 14.5 Å². The minimum Gasteiger partial charge on any atom is -0.335 e. The van der Waals surface area contributed by atoms with Gasteiger partial charge in [-0.3, -0.25) is 14.9 Å². The van der Waals surface area contributed by atoms with Gasteiger partial charge in [0, 0.05) is 45.0 Å². The predicted octanol–water partition coefficient (Wildman–Crippen LogP) is 3.90. The van der Waals surface area contributed by atoms with Crippen molar-refractivity contribution in [3.8, 4) is 6.07 Å². The number of para-hydroxylation sites is 2. The summed E-state index contributed by atoms with van der Waals surface area (Å²) in [6.45, 7) is 0. The van der Waals surface area contributed by atoms with Gasteiger partial charge in [-0.2, -0.15) is 5.26 Å². The predicted molar refractivity (Wildman–Crippen MR) is 124 cm³/mol. The quantitative estimate of drug-likeness (QED) is 0.363. The zero-order valence-electron chi connectivity index (χ0n) is 17.4. The Hall–Kier alpha value is -4.15. The molecule has 2 amide bonds. The fourth-order valence-electron chi connectivity index (χ4n) is 6.86. The van der Waals surface area contributed by atoms with Crippen LogP contribution >= 0.6 is 0 Å². The van der Waals surface area contributed by atoms with Gasteiger partial charge in [0.2, 0.25) is 0 Å². The number of carbonyl (C=O) groups excluding carboxylic acids is 2. The second-order valence-corrected chi connectivity index (χ2v) is 9.52. The highest BCUT2D eigenvalue weighted by Crippen LogP contribution is 2.55. The lowest BCUT2D eigenvalue weighted by Crippen LogP contribution is -2.43. The van der Waals surface area contributed by atoms with E-state index in [1.54, 1.807) is 0 Å². The van der Waals surface area contributed by atoms with Gasteiger partial charge in [0.1, 0.15) is 5.54 Å². The molecule has 3 aliphatic rings. The summed E-state index contributed by atoms with van der Waals surface area (Å²) in [5, 5.41) is 16.1. The Morgan fingerprint density at radius 3 is 2.06 bits per heavy atom. The Kier molecular flexibility index (Phi) is 2.77. The summed E-state index contributed by atoms with van der Waals surface area (Å²) in [4.78, 5) is 26.3. The van der Waals surface area contributed by atoms with Crippen LogP contribution < -0.4 is 11.1 Å². The zero-order valence-corrected chi connectivity index (χ0v) is 17.4. The van der Waals surface area contributed by atoms with Crippen LogP contribution in [0.3, 0.4) is 0 Å². The number of carbonyl (C=O) groups is 2. The molecule has 4 heterocycles. The smallest absolute Gasteiger partial charge is 0.259 e. The average Bonchev–Trinajstić information content (AvgIpc) is 3.49. The molecule has 7 heteroatoms. The van der Waals surface area contributed by atoms with E-state index in [0.29, 0.717) is 24.0 Å². The van der Waals surface area contributed by atoms with Gasteiger partial charge < -0.3 is 14.9 Å². The molecule has 0 spiro atoms. The van der Waals surface area contributed by atoms with Crippen LogP contribution in [-0.2, 0) is 0 Å². The summed E-state index contributed by atoms with van der Waals surface area (Å²) in [6.07, 6.45) is 1.24. The van der Waals surface area contributed by atoms with Gasteiger partial charge >= 0.3 is 0 Å². The van der Waals surface area contributed by atoms with Gasteiger partial charge in [-0.15, -0.1) is 0 Å². The number of amides is 2. The third kappa shape index (κ3) is 1.73. The van der Waals surface area contributed by atoms with Crippen LogP contribution in [0.15, 0.2) is 48.5 Å². The topological polar surface area (TPSA) is 106 Å². The summed E-state index contributed by atoms with van der Waals surface area (Å²) in [7, 11) is 0. The molecule has 3 atom stereocenters. The second kappa shape index (κ2) is 5.25. The van der Waals surface area contributed by atoms with E-state index in [-0.39, 0.29) is 23.9 Å². The van der Waals surface area contributed by atoms with Gasteiger partial charge in [-0.1, -0.05) is 36.4 Å². The van der Waals surface area contributed by atoms with E-state index in [0.717, 1.165) is 43.6 Å². The van der Waals surface area contributed by atoms with Crippen molar-refractivity contribution in [3.05, 3.63) is 59.7 Å². The normalized spacial score (nSPS) is 25.3. The van der Waals surface area contributed by atoms with Crippen LogP contribution in [0.5, 0.6) is 0 Å². The maximum atomic E-state index is 13.2. The summed E-state index contributed by atoms with van der Waals surface area (Å²) in [6, 6.07) is 18.1. The largest absolute Gasteiger partial charge is 0.335 e. The number of fused-ring (bicyclic) bond motifs is 13. The molecule has 1 saturated carbocycles. The van der Waals surface area contributed by atoms with Crippen molar-refractivity contribution in [2.24, 2.45) is 5.73 Å². The van der Waals surface area contributed by atoms with Gasteiger partial charge in [0.25, 0.3) is 11.8 Å².